The van der Waals surface area contributed by atoms with E-state index in [1.54, 1.807) is 0 Å². The van der Waals surface area contributed by atoms with Crippen LogP contribution in [0.3, 0.4) is 0 Å². The van der Waals surface area contributed by atoms with Crippen LogP contribution in [0.5, 0.6) is 0 Å². The zero-order valence-electron chi connectivity index (χ0n) is 6.08. The molecule has 10 heavy (non-hydrogen) atoms. The van der Waals surface area contributed by atoms with Gasteiger partial charge in [-0.1, -0.05) is 0 Å². The maximum atomic E-state index is 9.42. The SMILES string of the molecule is OC1CNCC1N1CCC1. The first-order valence-corrected chi connectivity index (χ1v) is 4.01. The van der Waals surface area contributed by atoms with E-state index in [0.717, 1.165) is 13.1 Å². The van der Waals surface area contributed by atoms with Crippen molar-refractivity contribution in [1.29, 1.82) is 0 Å². The van der Waals surface area contributed by atoms with Gasteiger partial charge < -0.3 is 10.4 Å². The summed E-state index contributed by atoms with van der Waals surface area (Å²) in [5.41, 5.74) is 0. The van der Waals surface area contributed by atoms with Crippen molar-refractivity contribution >= 4 is 0 Å². The molecule has 2 N–H and O–H groups in total. The molecule has 58 valence electrons. The summed E-state index contributed by atoms with van der Waals surface area (Å²) in [5, 5.41) is 12.6. The van der Waals surface area contributed by atoms with Crippen LogP contribution in [0.2, 0.25) is 0 Å². The molecule has 0 aromatic heterocycles. The van der Waals surface area contributed by atoms with Gasteiger partial charge in [-0.25, -0.2) is 0 Å². The maximum absolute atomic E-state index is 9.42. The molecule has 0 spiro atoms. The lowest BCUT2D eigenvalue weighted by atomic mass is 10.1. The Labute approximate surface area is 61.0 Å². The first kappa shape index (κ1) is 6.58. The van der Waals surface area contributed by atoms with Crippen molar-refractivity contribution in [3.8, 4) is 0 Å². The van der Waals surface area contributed by atoms with E-state index in [4.69, 9.17) is 0 Å². The fourth-order valence-electron chi connectivity index (χ4n) is 1.70. The highest BCUT2D eigenvalue weighted by molar-refractivity contribution is 4.91. The number of nitrogens with zero attached hydrogens (tertiary/aromatic N) is 1. The second kappa shape index (κ2) is 2.49. The standard InChI is InChI=1S/C7H14N2O/c10-7-5-8-4-6(7)9-2-1-3-9/h6-8,10H,1-5H2. The zero-order valence-corrected chi connectivity index (χ0v) is 6.08. The third kappa shape index (κ3) is 0.944. The van der Waals surface area contributed by atoms with Crippen molar-refractivity contribution < 1.29 is 5.11 Å². The summed E-state index contributed by atoms with van der Waals surface area (Å²) in [6.07, 6.45) is 1.18. The molecule has 0 aromatic carbocycles. The Kier molecular flexibility index (Phi) is 1.64. The van der Waals surface area contributed by atoms with Crippen molar-refractivity contribution in [1.82, 2.24) is 10.2 Å². The Morgan fingerprint density at radius 3 is 2.50 bits per heavy atom. The molecule has 0 amide bonds. The summed E-state index contributed by atoms with van der Waals surface area (Å²) in [7, 11) is 0. The van der Waals surface area contributed by atoms with E-state index in [1.807, 2.05) is 0 Å². The molecule has 0 radical (unpaired) electrons. The molecule has 2 unspecified atom stereocenters. The predicted octanol–water partition coefficient (Wildman–Crippen LogP) is -0.975. The van der Waals surface area contributed by atoms with Crippen molar-refractivity contribution in [2.75, 3.05) is 26.2 Å². The highest BCUT2D eigenvalue weighted by Gasteiger charge is 2.32. The van der Waals surface area contributed by atoms with Crippen molar-refractivity contribution in [2.24, 2.45) is 0 Å². The zero-order chi connectivity index (χ0) is 6.97. The quantitative estimate of drug-likeness (QED) is 0.494. The molecule has 2 rings (SSSR count). The van der Waals surface area contributed by atoms with Gasteiger partial charge in [0.25, 0.3) is 0 Å². The molecule has 0 bridgehead atoms. The van der Waals surface area contributed by atoms with Crippen LogP contribution in [0.4, 0.5) is 0 Å². The van der Waals surface area contributed by atoms with Gasteiger partial charge in [0.15, 0.2) is 0 Å². The van der Waals surface area contributed by atoms with Gasteiger partial charge in [-0.05, 0) is 19.5 Å². The minimum atomic E-state index is -0.125. The normalized spacial score (nSPS) is 41.7. The Hall–Kier alpha value is -0.120. The summed E-state index contributed by atoms with van der Waals surface area (Å²) in [5.74, 6) is 0. The Morgan fingerprint density at radius 2 is 2.10 bits per heavy atom. The van der Waals surface area contributed by atoms with Gasteiger partial charge in [0.05, 0.1) is 6.10 Å². The van der Waals surface area contributed by atoms with Crippen molar-refractivity contribution in [2.45, 2.75) is 18.6 Å². The first-order chi connectivity index (χ1) is 4.88. The molecule has 3 heteroatoms. The second-order valence-electron chi connectivity index (χ2n) is 3.18. The van der Waals surface area contributed by atoms with Crippen LogP contribution < -0.4 is 5.32 Å². The molecule has 0 aromatic rings. The fourth-order valence-corrected chi connectivity index (χ4v) is 1.70. The molecule has 2 heterocycles. The molecular formula is C7H14N2O. The Bertz CT molecular complexity index is 125. The van der Waals surface area contributed by atoms with Gasteiger partial charge in [0, 0.05) is 19.1 Å². The van der Waals surface area contributed by atoms with E-state index < -0.39 is 0 Å². The average Bonchev–Trinajstić information content (AvgIpc) is 2.12. The van der Waals surface area contributed by atoms with E-state index in [2.05, 4.69) is 10.2 Å². The van der Waals surface area contributed by atoms with Crippen LogP contribution in [-0.2, 0) is 0 Å². The van der Waals surface area contributed by atoms with Gasteiger partial charge in [-0.3, -0.25) is 4.90 Å². The highest BCUT2D eigenvalue weighted by Crippen LogP contribution is 2.15. The molecule has 0 aliphatic carbocycles. The molecule has 0 saturated carbocycles. The molecule has 2 saturated heterocycles. The third-order valence-corrected chi connectivity index (χ3v) is 2.51. The number of β-amino-alcohol motifs (C(OH)–C–C–N with tert-alkyl or cyclic N) is 1. The van der Waals surface area contributed by atoms with Gasteiger partial charge in [0.2, 0.25) is 0 Å². The minimum absolute atomic E-state index is 0.125. The van der Waals surface area contributed by atoms with Crippen LogP contribution in [0, 0.1) is 0 Å². The molecule has 2 atom stereocenters. The van der Waals surface area contributed by atoms with E-state index in [9.17, 15) is 5.11 Å². The summed E-state index contributed by atoms with van der Waals surface area (Å²) in [6.45, 7) is 4.12. The third-order valence-electron chi connectivity index (χ3n) is 2.51. The lowest BCUT2D eigenvalue weighted by molar-refractivity contribution is 0.0452. The summed E-state index contributed by atoms with van der Waals surface area (Å²) < 4.78 is 0. The monoisotopic (exact) mass is 142 g/mol. The molecule has 2 aliphatic rings. The van der Waals surface area contributed by atoms with Crippen LogP contribution >= 0.6 is 0 Å². The number of nitrogens with one attached hydrogen (secondary N) is 1. The number of hydrogen-bond donors (Lipinski definition) is 2. The number of likely N-dealkylation sites (tertiary alicyclic amines) is 1. The van der Waals surface area contributed by atoms with Crippen LogP contribution in [-0.4, -0.2) is 48.3 Å². The van der Waals surface area contributed by atoms with Gasteiger partial charge >= 0.3 is 0 Å². The van der Waals surface area contributed by atoms with E-state index in [0.29, 0.717) is 6.04 Å². The largest absolute Gasteiger partial charge is 0.390 e. The smallest absolute Gasteiger partial charge is 0.0831 e. The molecule has 2 fully saturated rings. The average molecular weight is 142 g/mol. The lowest BCUT2D eigenvalue weighted by Gasteiger charge is -2.37. The topological polar surface area (TPSA) is 35.5 Å². The van der Waals surface area contributed by atoms with Crippen molar-refractivity contribution in [3.05, 3.63) is 0 Å². The van der Waals surface area contributed by atoms with E-state index >= 15 is 0 Å². The maximum Gasteiger partial charge on any atom is 0.0831 e. The number of aliphatic hydroxyl groups excluding tert-OH is 1. The summed E-state index contributed by atoms with van der Waals surface area (Å²) in [4.78, 5) is 2.35. The van der Waals surface area contributed by atoms with Crippen LogP contribution in [0.15, 0.2) is 0 Å². The van der Waals surface area contributed by atoms with E-state index in [-0.39, 0.29) is 6.10 Å². The van der Waals surface area contributed by atoms with Gasteiger partial charge in [-0.2, -0.15) is 0 Å². The van der Waals surface area contributed by atoms with Crippen LogP contribution in [0.1, 0.15) is 6.42 Å². The number of rotatable bonds is 1. The number of hydrogen-bond acceptors (Lipinski definition) is 3. The molecule has 2 aliphatic heterocycles. The first-order valence-electron chi connectivity index (χ1n) is 4.01. The second-order valence-corrected chi connectivity index (χ2v) is 3.18. The highest BCUT2D eigenvalue weighted by atomic mass is 16.3. The fraction of sp³-hybridized carbons (Fsp3) is 1.00. The summed E-state index contributed by atoms with van der Waals surface area (Å²) in [6, 6.07) is 0.411. The van der Waals surface area contributed by atoms with Crippen molar-refractivity contribution in [3.63, 3.8) is 0 Å². The van der Waals surface area contributed by atoms with Gasteiger partial charge in [0.1, 0.15) is 0 Å². The van der Waals surface area contributed by atoms with Crippen LogP contribution in [0.25, 0.3) is 0 Å². The molecular weight excluding hydrogens is 128 g/mol. The Morgan fingerprint density at radius 1 is 1.30 bits per heavy atom. The Balaban J connectivity index is 1.90. The van der Waals surface area contributed by atoms with Gasteiger partial charge in [-0.15, -0.1) is 0 Å². The summed E-state index contributed by atoms with van der Waals surface area (Å²) >= 11 is 0. The number of aliphatic hydroxyl groups is 1. The molecule has 3 nitrogen and oxygen atoms in total. The lowest BCUT2D eigenvalue weighted by Crippen LogP contribution is -2.50. The predicted molar refractivity (Wildman–Crippen MR) is 38.9 cm³/mol. The minimum Gasteiger partial charge on any atom is -0.390 e. The van der Waals surface area contributed by atoms with E-state index in [1.165, 1.54) is 19.5 Å².